The molecule has 0 saturated carbocycles. The van der Waals surface area contributed by atoms with Gasteiger partial charge in [0.25, 0.3) is 0 Å². The van der Waals surface area contributed by atoms with Crippen LogP contribution in [0.3, 0.4) is 0 Å². The molecule has 3 aromatic carbocycles. The molecule has 0 unspecified atom stereocenters. The largest absolute Gasteiger partial charge is 0.497 e. The van der Waals surface area contributed by atoms with Crippen molar-refractivity contribution in [1.29, 1.82) is 0 Å². The van der Waals surface area contributed by atoms with Gasteiger partial charge in [0.15, 0.2) is 0 Å². The lowest BCUT2D eigenvalue weighted by Gasteiger charge is -2.28. The Kier molecular flexibility index (Phi) is 19.8. The molecule has 52 heavy (non-hydrogen) atoms. The molecule has 2 fully saturated rings. The van der Waals surface area contributed by atoms with Gasteiger partial charge in [-0.05, 0) is 85.0 Å². The molecule has 0 spiro atoms. The topological polar surface area (TPSA) is 85.4 Å². The van der Waals surface area contributed by atoms with E-state index in [4.69, 9.17) is 14.2 Å². The summed E-state index contributed by atoms with van der Waals surface area (Å²) in [5, 5.41) is 0. The second kappa shape index (κ2) is 25.3. The van der Waals surface area contributed by atoms with Gasteiger partial charge in [-0.25, -0.2) is 0 Å². The Balaban J connectivity index is 0.000000211. The number of benzene rings is 3. The van der Waals surface area contributed by atoms with E-state index in [1.54, 1.807) is 38.5 Å². The van der Waals surface area contributed by atoms with Gasteiger partial charge in [0, 0.05) is 49.2 Å². The number of anilines is 2. The molecule has 2 heterocycles. The highest BCUT2D eigenvalue weighted by molar-refractivity contribution is 5.68. The summed E-state index contributed by atoms with van der Waals surface area (Å²) in [7, 11) is 3.21. The number of carbonyl (C=O) groups is 3. The second-order valence-electron chi connectivity index (χ2n) is 11.6. The Morgan fingerprint density at radius 2 is 1.00 bits per heavy atom. The molecule has 0 bridgehead atoms. The van der Waals surface area contributed by atoms with Crippen molar-refractivity contribution >= 4 is 48.5 Å². The minimum Gasteiger partial charge on any atom is -0.497 e. The van der Waals surface area contributed by atoms with Gasteiger partial charge in [-0.1, -0.05) is 78.9 Å². The van der Waals surface area contributed by atoms with Crippen LogP contribution >= 0.6 is 0 Å². The molecule has 8 heteroatoms. The quantitative estimate of drug-likeness (QED) is 0.100. The first-order valence-corrected chi connectivity index (χ1v) is 17.5. The van der Waals surface area contributed by atoms with Crippen LogP contribution in [-0.2, 0) is 19.1 Å². The number of ether oxygens (including phenoxy) is 3. The number of nitrogens with zero attached hydrogens (tertiary/aromatic N) is 2. The first kappa shape index (κ1) is 40.7. The van der Waals surface area contributed by atoms with Crippen LogP contribution in [0, 0.1) is 0 Å². The van der Waals surface area contributed by atoms with Crippen molar-refractivity contribution < 1.29 is 28.6 Å². The lowest BCUT2D eigenvalue weighted by atomic mass is 10.1. The number of methoxy groups -OCH3 is 2. The molecule has 0 atom stereocenters. The van der Waals surface area contributed by atoms with Gasteiger partial charge in [0.1, 0.15) is 30.4 Å². The van der Waals surface area contributed by atoms with Gasteiger partial charge in [-0.15, -0.1) is 0 Å². The van der Waals surface area contributed by atoms with Crippen LogP contribution in [0.15, 0.2) is 121 Å². The lowest BCUT2D eigenvalue weighted by molar-refractivity contribution is -0.104. The summed E-state index contributed by atoms with van der Waals surface area (Å²) in [6, 6.07) is 22.5. The fourth-order valence-electron chi connectivity index (χ4n) is 5.34. The number of hydrogen-bond donors (Lipinski definition) is 0. The van der Waals surface area contributed by atoms with E-state index >= 15 is 0 Å². The molecule has 0 radical (unpaired) electrons. The number of rotatable bonds is 13. The average Bonchev–Trinajstić information content (AvgIpc) is 3.21. The fourth-order valence-corrected chi connectivity index (χ4v) is 5.34. The third kappa shape index (κ3) is 15.4. The van der Waals surface area contributed by atoms with Crippen LogP contribution in [-0.4, -0.2) is 72.5 Å². The van der Waals surface area contributed by atoms with E-state index in [1.807, 2.05) is 48.6 Å². The van der Waals surface area contributed by atoms with Crippen LogP contribution < -0.4 is 19.3 Å². The molecular weight excluding hydrogens is 652 g/mol. The molecule has 5 rings (SSSR count). The summed E-state index contributed by atoms with van der Waals surface area (Å²) in [5.74, 6) is 1.48. The smallest absolute Gasteiger partial charge is 0.142 e. The van der Waals surface area contributed by atoms with E-state index in [-0.39, 0.29) is 0 Å². The van der Waals surface area contributed by atoms with Gasteiger partial charge in [-0.3, -0.25) is 14.4 Å². The normalized spacial score (nSPS) is 14.8. The number of allylic oxidation sites excluding steroid dienone is 9. The maximum absolute atomic E-state index is 10.1. The monoisotopic (exact) mass is 702 g/mol. The Morgan fingerprint density at radius 1 is 0.519 bits per heavy atom. The van der Waals surface area contributed by atoms with Crippen molar-refractivity contribution in [3.63, 3.8) is 0 Å². The van der Waals surface area contributed by atoms with Crippen molar-refractivity contribution in [3.05, 3.63) is 138 Å². The van der Waals surface area contributed by atoms with Crippen LogP contribution in [0.5, 0.6) is 11.5 Å². The Labute approximate surface area is 308 Å². The van der Waals surface area contributed by atoms with Gasteiger partial charge >= 0.3 is 0 Å². The SMILES string of the molecule is COc1ccc(C=CC=CC=O)c(OC)c1.O=CC=CC=Cc1ccc(N2CCCCC2)cc1.O=CC=CC=Cc1ccc(N2CCOCC2)cc1. The van der Waals surface area contributed by atoms with Crippen molar-refractivity contribution in [1.82, 2.24) is 0 Å². The van der Waals surface area contributed by atoms with Crippen LogP contribution in [0.1, 0.15) is 36.0 Å². The molecule has 0 aromatic heterocycles. The standard InChI is InChI=1S/C16H19NO.C15H17NO2.C13H14O3/c18-14-6-1-3-7-15-8-10-16(11-9-15)17-12-4-2-5-13-17;17-11-3-1-2-4-14-5-7-15(8-6-14)16-9-12-18-13-10-16;1-15-12-8-7-11(13(10-12)16-2)6-4-3-5-9-14/h1,3,6-11,14H,2,4-5,12-13H2;1-8,11H,9-10,12-13H2;3-10H,1-2H3. The van der Waals surface area contributed by atoms with Crippen LogP contribution in [0.2, 0.25) is 0 Å². The Morgan fingerprint density at radius 3 is 1.46 bits per heavy atom. The average molecular weight is 703 g/mol. The Bertz CT molecular complexity index is 1570. The lowest BCUT2D eigenvalue weighted by Crippen LogP contribution is -2.36. The number of hydrogen-bond acceptors (Lipinski definition) is 8. The third-order valence-electron chi connectivity index (χ3n) is 8.08. The summed E-state index contributed by atoms with van der Waals surface area (Å²) in [6.45, 7) is 5.87. The van der Waals surface area contributed by atoms with E-state index in [0.29, 0.717) is 0 Å². The summed E-state index contributed by atoms with van der Waals surface area (Å²) in [5.41, 5.74) is 5.77. The zero-order valence-electron chi connectivity index (χ0n) is 30.2. The summed E-state index contributed by atoms with van der Waals surface area (Å²) >= 11 is 0. The van der Waals surface area contributed by atoms with Crippen LogP contribution in [0.25, 0.3) is 18.2 Å². The minimum atomic E-state index is 0.732. The first-order valence-electron chi connectivity index (χ1n) is 17.5. The van der Waals surface area contributed by atoms with Crippen LogP contribution in [0.4, 0.5) is 11.4 Å². The highest BCUT2D eigenvalue weighted by Gasteiger charge is 2.11. The molecule has 3 aromatic rings. The highest BCUT2D eigenvalue weighted by atomic mass is 16.5. The number of morpholine rings is 1. The van der Waals surface area contributed by atoms with Gasteiger partial charge in [0.05, 0.1) is 27.4 Å². The van der Waals surface area contributed by atoms with E-state index < -0.39 is 0 Å². The van der Waals surface area contributed by atoms with Crippen molar-refractivity contribution in [3.8, 4) is 11.5 Å². The van der Waals surface area contributed by atoms with Gasteiger partial charge < -0.3 is 24.0 Å². The maximum Gasteiger partial charge on any atom is 0.142 e. The summed E-state index contributed by atoms with van der Waals surface area (Å²) in [4.78, 5) is 35.0. The third-order valence-corrected chi connectivity index (χ3v) is 8.08. The zero-order valence-corrected chi connectivity index (χ0v) is 30.2. The Hall–Kier alpha value is -5.73. The zero-order chi connectivity index (χ0) is 37.1. The molecule has 272 valence electrons. The number of carbonyl (C=O) groups excluding carboxylic acids is 3. The maximum atomic E-state index is 10.1. The van der Waals surface area contributed by atoms with E-state index in [2.05, 4.69) is 58.3 Å². The molecule has 2 aliphatic rings. The number of aldehydes is 3. The molecule has 0 aliphatic carbocycles. The minimum absolute atomic E-state index is 0.732. The summed E-state index contributed by atoms with van der Waals surface area (Å²) in [6.07, 6.45) is 27.1. The van der Waals surface area contributed by atoms with Gasteiger partial charge in [-0.2, -0.15) is 0 Å². The van der Waals surface area contributed by atoms with E-state index in [1.165, 1.54) is 62.0 Å². The fraction of sp³-hybridized carbons (Fsp3) is 0.250. The van der Waals surface area contributed by atoms with E-state index in [0.717, 1.165) is 73.4 Å². The van der Waals surface area contributed by atoms with Crippen molar-refractivity contribution in [2.24, 2.45) is 0 Å². The molecule has 8 nitrogen and oxygen atoms in total. The van der Waals surface area contributed by atoms with Crippen molar-refractivity contribution in [2.75, 3.05) is 63.4 Å². The second-order valence-corrected chi connectivity index (χ2v) is 11.6. The molecular formula is C44H50N2O6. The first-order chi connectivity index (χ1) is 25.6. The molecule has 2 aliphatic heterocycles. The van der Waals surface area contributed by atoms with Crippen molar-refractivity contribution in [2.45, 2.75) is 19.3 Å². The van der Waals surface area contributed by atoms with E-state index in [9.17, 15) is 14.4 Å². The molecule has 0 amide bonds. The molecule has 2 saturated heterocycles. The summed E-state index contributed by atoms with van der Waals surface area (Å²) < 4.78 is 15.6. The molecule has 0 N–H and O–H groups in total. The predicted molar refractivity (Wildman–Crippen MR) is 214 cm³/mol. The number of piperidine rings is 1. The van der Waals surface area contributed by atoms with Gasteiger partial charge in [0.2, 0.25) is 0 Å². The highest BCUT2D eigenvalue weighted by Crippen LogP contribution is 2.25. The predicted octanol–water partition coefficient (Wildman–Crippen LogP) is 8.21.